The zero-order valence-corrected chi connectivity index (χ0v) is 10.9. The van der Waals surface area contributed by atoms with E-state index in [-0.39, 0.29) is 11.9 Å². The SMILES string of the molecule is CC(N)C(=O)N1CCC2(CCC(CS)C2)C1. The van der Waals surface area contributed by atoms with E-state index in [4.69, 9.17) is 5.73 Å². The standard InChI is InChI=1S/C12H22N2OS/c1-9(13)11(15)14-5-4-12(8-14)3-2-10(6-12)7-16/h9-10,16H,2-8,13H2,1H3. The van der Waals surface area contributed by atoms with E-state index in [1.807, 2.05) is 4.90 Å². The number of carbonyl (C=O) groups excluding carboxylic acids is 1. The van der Waals surface area contributed by atoms with Crippen LogP contribution in [0.25, 0.3) is 0 Å². The number of hydrogen-bond acceptors (Lipinski definition) is 3. The van der Waals surface area contributed by atoms with E-state index in [2.05, 4.69) is 12.6 Å². The van der Waals surface area contributed by atoms with Gasteiger partial charge in [0, 0.05) is 13.1 Å². The molecule has 0 bridgehead atoms. The van der Waals surface area contributed by atoms with E-state index < -0.39 is 0 Å². The van der Waals surface area contributed by atoms with E-state index in [0.717, 1.165) is 31.2 Å². The van der Waals surface area contributed by atoms with E-state index in [0.29, 0.717) is 5.41 Å². The minimum atomic E-state index is -0.350. The molecule has 0 aromatic heterocycles. The minimum absolute atomic E-state index is 0.117. The molecule has 0 radical (unpaired) electrons. The highest BCUT2D eigenvalue weighted by atomic mass is 32.1. The molecule has 0 aromatic carbocycles. The number of likely N-dealkylation sites (tertiary alicyclic amines) is 1. The maximum Gasteiger partial charge on any atom is 0.239 e. The van der Waals surface area contributed by atoms with Crippen molar-refractivity contribution in [3.05, 3.63) is 0 Å². The first-order valence-electron chi connectivity index (χ1n) is 6.21. The second kappa shape index (κ2) is 4.57. The number of amides is 1. The Hall–Kier alpha value is -0.220. The quantitative estimate of drug-likeness (QED) is 0.717. The summed E-state index contributed by atoms with van der Waals surface area (Å²) in [5.41, 5.74) is 6.05. The van der Waals surface area contributed by atoms with Crippen molar-refractivity contribution in [2.45, 2.75) is 38.6 Å². The molecular formula is C12H22N2OS. The lowest BCUT2D eigenvalue weighted by molar-refractivity contribution is -0.131. The monoisotopic (exact) mass is 242 g/mol. The van der Waals surface area contributed by atoms with Crippen LogP contribution in [0.4, 0.5) is 0 Å². The van der Waals surface area contributed by atoms with E-state index in [1.54, 1.807) is 6.92 Å². The minimum Gasteiger partial charge on any atom is -0.341 e. The van der Waals surface area contributed by atoms with Gasteiger partial charge in [-0.3, -0.25) is 4.79 Å². The molecule has 2 aliphatic rings. The Morgan fingerprint density at radius 2 is 2.38 bits per heavy atom. The first kappa shape index (κ1) is 12.2. The Morgan fingerprint density at radius 3 is 2.94 bits per heavy atom. The van der Waals surface area contributed by atoms with E-state index >= 15 is 0 Å². The number of carbonyl (C=O) groups is 1. The summed E-state index contributed by atoms with van der Waals surface area (Å²) in [5.74, 6) is 1.86. The molecule has 1 spiro atoms. The summed E-state index contributed by atoms with van der Waals surface area (Å²) in [6, 6.07) is -0.350. The molecule has 4 heteroatoms. The van der Waals surface area contributed by atoms with Crippen LogP contribution >= 0.6 is 12.6 Å². The molecule has 16 heavy (non-hydrogen) atoms. The van der Waals surface area contributed by atoms with Crippen LogP contribution in [-0.2, 0) is 4.79 Å². The Morgan fingerprint density at radius 1 is 1.62 bits per heavy atom. The lowest BCUT2D eigenvalue weighted by atomic mass is 9.85. The van der Waals surface area contributed by atoms with Gasteiger partial charge in [-0.15, -0.1) is 0 Å². The number of thiol groups is 1. The van der Waals surface area contributed by atoms with Gasteiger partial charge in [0.15, 0.2) is 0 Å². The van der Waals surface area contributed by atoms with Gasteiger partial charge in [-0.25, -0.2) is 0 Å². The highest BCUT2D eigenvalue weighted by Gasteiger charge is 2.44. The zero-order chi connectivity index (χ0) is 11.8. The summed E-state index contributed by atoms with van der Waals surface area (Å²) >= 11 is 4.39. The zero-order valence-electron chi connectivity index (χ0n) is 9.98. The molecule has 92 valence electrons. The molecule has 1 aliphatic carbocycles. The lowest BCUT2D eigenvalue weighted by Gasteiger charge is -2.25. The number of nitrogens with two attached hydrogens (primary N) is 1. The first-order chi connectivity index (χ1) is 7.56. The molecule has 3 nitrogen and oxygen atoms in total. The molecular weight excluding hydrogens is 220 g/mol. The molecule has 3 atom stereocenters. The van der Waals surface area contributed by atoms with Crippen molar-refractivity contribution in [2.75, 3.05) is 18.8 Å². The van der Waals surface area contributed by atoms with Crippen molar-refractivity contribution in [2.24, 2.45) is 17.1 Å². The van der Waals surface area contributed by atoms with Gasteiger partial charge in [0.1, 0.15) is 0 Å². The number of rotatable bonds is 2. The van der Waals surface area contributed by atoms with Gasteiger partial charge in [-0.1, -0.05) is 0 Å². The number of nitrogens with zero attached hydrogens (tertiary/aromatic N) is 1. The van der Waals surface area contributed by atoms with Crippen molar-refractivity contribution in [1.82, 2.24) is 4.90 Å². The van der Waals surface area contributed by atoms with Gasteiger partial charge in [0.2, 0.25) is 5.91 Å². The molecule has 3 unspecified atom stereocenters. The van der Waals surface area contributed by atoms with Gasteiger partial charge < -0.3 is 10.6 Å². The summed E-state index contributed by atoms with van der Waals surface area (Å²) in [6.07, 6.45) is 4.96. The van der Waals surface area contributed by atoms with Crippen molar-refractivity contribution < 1.29 is 4.79 Å². The lowest BCUT2D eigenvalue weighted by Crippen LogP contribution is -2.41. The molecule has 1 aliphatic heterocycles. The summed E-state index contributed by atoms with van der Waals surface area (Å²) in [6.45, 7) is 3.61. The Bertz CT molecular complexity index is 282. The Kier molecular flexibility index (Phi) is 3.50. The fourth-order valence-corrected chi connectivity index (χ4v) is 3.58. The van der Waals surface area contributed by atoms with Gasteiger partial charge in [-0.05, 0) is 49.7 Å². The smallest absolute Gasteiger partial charge is 0.239 e. The van der Waals surface area contributed by atoms with Gasteiger partial charge in [-0.2, -0.15) is 12.6 Å². The summed E-state index contributed by atoms with van der Waals surface area (Å²) in [7, 11) is 0. The van der Waals surface area contributed by atoms with Crippen molar-refractivity contribution >= 4 is 18.5 Å². The second-order valence-electron chi connectivity index (χ2n) is 5.59. The van der Waals surface area contributed by atoms with E-state index in [1.165, 1.54) is 19.3 Å². The van der Waals surface area contributed by atoms with Gasteiger partial charge >= 0.3 is 0 Å². The largest absolute Gasteiger partial charge is 0.341 e. The van der Waals surface area contributed by atoms with Crippen LogP contribution in [-0.4, -0.2) is 35.7 Å². The second-order valence-corrected chi connectivity index (χ2v) is 5.96. The predicted molar refractivity (Wildman–Crippen MR) is 68.5 cm³/mol. The molecule has 0 aromatic rings. The summed E-state index contributed by atoms with van der Waals surface area (Å²) in [5, 5.41) is 0. The highest BCUT2D eigenvalue weighted by molar-refractivity contribution is 7.80. The normalized spacial score (nSPS) is 35.9. The fraction of sp³-hybridized carbons (Fsp3) is 0.917. The van der Waals surface area contributed by atoms with Crippen LogP contribution < -0.4 is 5.73 Å². The molecule has 2 rings (SSSR count). The van der Waals surface area contributed by atoms with Crippen molar-refractivity contribution in [3.8, 4) is 0 Å². The van der Waals surface area contributed by atoms with Gasteiger partial charge in [0.25, 0.3) is 0 Å². The topological polar surface area (TPSA) is 46.3 Å². The van der Waals surface area contributed by atoms with Crippen molar-refractivity contribution in [3.63, 3.8) is 0 Å². The summed E-state index contributed by atoms with van der Waals surface area (Å²) in [4.78, 5) is 13.8. The first-order valence-corrected chi connectivity index (χ1v) is 6.85. The summed E-state index contributed by atoms with van der Waals surface area (Å²) < 4.78 is 0. The van der Waals surface area contributed by atoms with Crippen LogP contribution in [0.2, 0.25) is 0 Å². The molecule has 2 N–H and O–H groups in total. The van der Waals surface area contributed by atoms with Crippen LogP contribution in [0.3, 0.4) is 0 Å². The third-order valence-electron chi connectivity index (χ3n) is 4.20. The Balaban J connectivity index is 1.95. The van der Waals surface area contributed by atoms with Crippen LogP contribution in [0.5, 0.6) is 0 Å². The van der Waals surface area contributed by atoms with Crippen molar-refractivity contribution in [1.29, 1.82) is 0 Å². The average Bonchev–Trinajstić information content (AvgIpc) is 2.85. The third-order valence-corrected chi connectivity index (χ3v) is 4.72. The fourth-order valence-electron chi connectivity index (χ4n) is 3.26. The van der Waals surface area contributed by atoms with E-state index in [9.17, 15) is 4.79 Å². The molecule has 1 amide bonds. The highest BCUT2D eigenvalue weighted by Crippen LogP contribution is 2.48. The van der Waals surface area contributed by atoms with Gasteiger partial charge in [0.05, 0.1) is 6.04 Å². The maximum absolute atomic E-state index is 11.8. The number of hydrogen-bond donors (Lipinski definition) is 2. The van der Waals surface area contributed by atoms with Crippen LogP contribution in [0.15, 0.2) is 0 Å². The molecule has 1 saturated heterocycles. The molecule has 1 saturated carbocycles. The molecule has 2 fully saturated rings. The third kappa shape index (κ3) is 2.23. The molecule has 1 heterocycles. The van der Waals surface area contributed by atoms with Crippen LogP contribution in [0, 0.1) is 11.3 Å². The average molecular weight is 242 g/mol. The Labute approximate surface area is 103 Å². The van der Waals surface area contributed by atoms with Crippen LogP contribution in [0.1, 0.15) is 32.6 Å². The maximum atomic E-state index is 11.8. The predicted octanol–water partition coefficient (Wildman–Crippen LogP) is 1.28.